The molecule has 1 aliphatic rings. The molecule has 2 aromatic rings. The molecule has 0 spiro atoms. The van der Waals surface area contributed by atoms with Gasteiger partial charge in [-0.2, -0.15) is 4.98 Å². The SMILES string of the molecule is Nc1nccn2c(C3CCCC(CO)CC3)nc(O)c12. The lowest BCUT2D eigenvalue weighted by Crippen LogP contribution is -2.06. The first-order valence-electron chi connectivity index (χ1n) is 7.13. The van der Waals surface area contributed by atoms with E-state index in [0.29, 0.717) is 23.2 Å². The largest absolute Gasteiger partial charge is 0.492 e. The van der Waals surface area contributed by atoms with Gasteiger partial charge in [0.15, 0.2) is 11.3 Å². The van der Waals surface area contributed by atoms with Crippen molar-refractivity contribution in [2.24, 2.45) is 5.92 Å². The standard InChI is InChI=1S/C14H20N4O2/c15-12-11-14(20)17-13(18(11)7-6-16-12)10-3-1-2-9(8-19)4-5-10/h6-7,9-10,19-20H,1-5,8H2,(H2,15,16). The second-order valence-electron chi connectivity index (χ2n) is 5.58. The quantitative estimate of drug-likeness (QED) is 0.725. The van der Waals surface area contributed by atoms with Gasteiger partial charge in [-0.05, 0) is 31.6 Å². The van der Waals surface area contributed by atoms with Crippen LogP contribution in [0.2, 0.25) is 0 Å². The van der Waals surface area contributed by atoms with Crippen LogP contribution >= 0.6 is 0 Å². The van der Waals surface area contributed by atoms with Crippen molar-refractivity contribution in [3.63, 3.8) is 0 Å². The van der Waals surface area contributed by atoms with Crippen LogP contribution in [0.25, 0.3) is 5.52 Å². The molecular weight excluding hydrogens is 256 g/mol. The van der Waals surface area contributed by atoms with Crippen LogP contribution in [0.4, 0.5) is 5.82 Å². The lowest BCUT2D eigenvalue weighted by Gasteiger charge is -2.13. The first kappa shape index (κ1) is 13.2. The first-order valence-corrected chi connectivity index (χ1v) is 7.13. The average Bonchev–Trinajstić information content (AvgIpc) is 2.64. The Morgan fingerprint density at radius 1 is 1.30 bits per heavy atom. The molecule has 0 radical (unpaired) electrons. The van der Waals surface area contributed by atoms with Gasteiger partial charge in [-0.3, -0.25) is 4.40 Å². The number of hydrogen-bond acceptors (Lipinski definition) is 5. The zero-order chi connectivity index (χ0) is 14.1. The smallest absolute Gasteiger partial charge is 0.241 e. The average molecular weight is 276 g/mol. The fraction of sp³-hybridized carbons (Fsp3) is 0.571. The maximum Gasteiger partial charge on any atom is 0.241 e. The molecule has 3 rings (SSSR count). The Morgan fingerprint density at radius 2 is 2.15 bits per heavy atom. The van der Waals surface area contributed by atoms with E-state index in [-0.39, 0.29) is 12.5 Å². The van der Waals surface area contributed by atoms with Gasteiger partial charge in [-0.25, -0.2) is 4.98 Å². The van der Waals surface area contributed by atoms with E-state index in [1.54, 1.807) is 12.4 Å². The molecule has 2 atom stereocenters. The van der Waals surface area contributed by atoms with Crippen molar-refractivity contribution >= 4 is 11.3 Å². The first-order chi connectivity index (χ1) is 9.70. The second kappa shape index (κ2) is 5.28. The minimum absolute atomic E-state index is 0.0476. The molecular formula is C14H20N4O2. The van der Waals surface area contributed by atoms with E-state index < -0.39 is 0 Å². The summed E-state index contributed by atoms with van der Waals surface area (Å²) in [5, 5.41) is 19.3. The zero-order valence-corrected chi connectivity index (χ0v) is 11.4. The van der Waals surface area contributed by atoms with Crippen molar-refractivity contribution in [3.8, 4) is 5.88 Å². The van der Waals surface area contributed by atoms with Crippen molar-refractivity contribution in [2.75, 3.05) is 12.3 Å². The van der Waals surface area contributed by atoms with E-state index in [9.17, 15) is 10.2 Å². The molecule has 1 saturated carbocycles. The summed E-state index contributed by atoms with van der Waals surface area (Å²) in [5.74, 6) is 1.79. The summed E-state index contributed by atoms with van der Waals surface area (Å²) in [4.78, 5) is 8.30. The minimum atomic E-state index is -0.0476. The number of rotatable bonds is 2. The Balaban J connectivity index is 1.96. The van der Waals surface area contributed by atoms with Crippen molar-refractivity contribution < 1.29 is 10.2 Å². The van der Waals surface area contributed by atoms with Gasteiger partial charge in [0.25, 0.3) is 0 Å². The van der Waals surface area contributed by atoms with E-state index >= 15 is 0 Å². The highest BCUT2D eigenvalue weighted by molar-refractivity contribution is 5.72. The van der Waals surface area contributed by atoms with Crippen molar-refractivity contribution in [1.29, 1.82) is 0 Å². The number of nitrogen functional groups attached to an aromatic ring is 1. The van der Waals surface area contributed by atoms with Crippen LogP contribution in [0.3, 0.4) is 0 Å². The summed E-state index contributed by atoms with van der Waals surface area (Å²) >= 11 is 0. The number of aromatic nitrogens is 3. The van der Waals surface area contributed by atoms with Gasteiger partial charge in [0, 0.05) is 24.9 Å². The number of fused-ring (bicyclic) bond motifs is 1. The van der Waals surface area contributed by atoms with Crippen molar-refractivity contribution in [1.82, 2.24) is 14.4 Å². The summed E-state index contributed by atoms with van der Waals surface area (Å²) < 4.78 is 1.85. The van der Waals surface area contributed by atoms with Crippen LogP contribution in [0, 0.1) is 5.92 Å². The molecule has 6 heteroatoms. The third kappa shape index (κ3) is 2.20. The molecule has 1 fully saturated rings. The maximum absolute atomic E-state index is 9.98. The predicted octanol–water partition coefficient (Wildman–Crippen LogP) is 1.67. The lowest BCUT2D eigenvalue weighted by molar-refractivity contribution is 0.212. The van der Waals surface area contributed by atoms with Crippen LogP contribution in [0.15, 0.2) is 12.4 Å². The summed E-state index contributed by atoms with van der Waals surface area (Å²) in [6.07, 6.45) is 8.56. The van der Waals surface area contributed by atoms with Crippen molar-refractivity contribution in [2.45, 2.75) is 38.0 Å². The molecule has 6 nitrogen and oxygen atoms in total. The highest BCUT2D eigenvalue weighted by Gasteiger charge is 2.25. The zero-order valence-electron chi connectivity index (χ0n) is 11.4. The summed E-state index contributed by atoms with van der Waals surface area (Å²) in [5.41, 5.74) is 6.30. The summed E-state index contributed by atoms with van der Waals surface area (Å²) in [6.45, 7) is 0.261. The van der Waals surface area contributed by atoms with Crippen LogP contribution < -0.4 is 5.73 Å². The van der Waals surface area contributed by atoms with E-state index in [1.165, 1.54) is 0 Å². The molecule has 2 aromatic heterocycles. The Hall–Kier alpha value is -1.82. The number of anilines is 1. The highest BCUT2D eigenvalue weighted by Crippen LogP contribution is 2.36. The topological polar surface area (TPSA) is 96.7 Å². The third-order valence-corrected chi connectivity index (χ3v) is 4.30. The Kier molecular flexibility index (Phi) is 3.48. The second-order valence-corrected chi connectivity index (χ2v) is 5.58. The third-order valence-electron chi connectivity index (χ3n) is 4.30. The van der Waals surface area contributed by atoms with Gasteiger partial charge in [0.05, 0.1) is 0 Å². The van der Waals surface area contributed by atoms with Gasteiger partial charge in [0.2, 0.25) is 5.88 Å². The molecule has 108 valence electrons. The molecule has 1 aliphatic carbocycles. The Labute approximate surface area is 117 Å². The predicted molar refractivity (Wildman–Crippen MR) is 75.5 cm³/mol. The normalized spacial score (nSPS) is 23.9. The molecule has 4 N–H and O–H groups in total. The summed E-state index contributed by atoms with van der Waals surface area (Å²) in [7, 11) is 0. The van der Waals surface area contributed by atoms with E-state index in [0.717, 1.165) is 37.9 Å². The van der Waals surface area contributed by atoms with Gasteiger partial charge in [0.1, 0.15) is 5.82 Å². The molecule has 2 unspecified atom stereocenters. The molecule has 0 aliphatic heterocycles. The molecule has 0 saturated heterocycles. The van der Waals surface area contributed by atoms with Gasteiger partial charge in [-0.1, -0.05) is 6.42 Å². The fourth-order valence-electron chi connectivity index (χ4n) is 3.18. The molecule has 0 aromatic carbocycles. The molecule has 0 bridgehead atoms. The number of aliphatic hydroxyl groups excluding tert-OH is 1. The lowest BCUT2D eigenvalue weighted by atomic mass is 9.98. The van der Waals surface area contributed by atoms with E-state index in [4.69, 9.17) is 5.73 Å². The Morgan fingerprint density at radius 3 is 2.95 bits per heavy atom. The van der Waals surface area contributed by atoms with E-state index in [1.807, 2.05) is 4.40 Å². The number of hydrogen-bond donors (Lipinski definition) is 3. The van der Waals surface area contributed by atoms with Crippen LogP contribution in [-0.2, 0) is 0 Å². The summed E-state index contributed by atoms with van der Waals surface area (Å²) in [6, 6.07) is 0. The molecule has 2 heterocycles. The van der Waals surface area contributed by atoms with Crippen LogP contribution in [0.5, 0.6) is 5.88 Å². The Bertz CT molecular complexity index is 610. The number of aromatic hydroxyl groups is 1. The van der Waals surface area contributed by atoms with Crippen LogP contribution in [0.1, 0.15) is 43.8 Å². The van der Waals surface area contributed by atoms with E-state index in [2.05, 4.69) is 9.97 Å². The number of aliphatic hydroxyl groups is 1. The van der Waals surface area contributed by atoms with Gasteiger partial charge < -0.3 is 15.9 Å². The number of nitrogens with two attached hydrogens (primary N) is 1. The molecule has 0 amide bonds. The minimum Gasteiger partial charge on any atom is -0.492 e. The van der Waals surface area contributed by atoms with Crippen molar-refractivity contribution in [3.05, 3.63) is 18.2 Å². The van der Waals surface area contributed by atoms with Gasteiger partial charge >= 0.3 is 0 Å². The maximum atomic E-state index is 9.98. The fourth-order valence-corrected chi connectivity index (χ4v) is 3.18. The number of imidazole rings is 1. The van der Waals surface area contributed by atoms with Crippen LogP contribution in [-0.4, -0.2) is 31.2 Å². The molecule has 20 heavy (non-hydrogen) atoms. The highest BCUT2D eigenvalue weighted by atomic mass is 16.3. The monoisotopic (exact) mass is 276 g/mol. The van der Waals surface area contributed by atoms with Gasteiger partial charge in [-0.15, -0.1) is 0 Å². The number of nitrogens with zero attached hydrogens (tertiary/aromatic N) is 3.